The van der Waals surface area contributed by atoms with Gasteiger partial charge in [0.05, 0.1) is 22.8 Å². The fourth-order valence-electron chi connectivity index (χ4n) is 4.35. The largest absolute Gasteiger partial charge is 0.489 e. The summed E-state index contributed by atoms with van der Waals surface area (Å²) in [5, 5.41) is 0.343. The van der Waals surface area contributed by atoms with Crippen LogP contribution in [0.3, 0.4) is 0 Å². The second kappa shape index (κ2) is 11.8. The maximum Gasteiger partial charge on any atom is 0.434 e. The third kappa shape index (κ3) is 6.13. The predicted molar refractivity (Wildman–Crippen MR) is 149 cm³/mol. The topological polar surface area (TPSA) is 69.9 Å². The highest BCUT2D eigenvalue weighted by atomic mass is 35.5. The van der Waals surface area contributed by atoms with Crippen molar-refractivity contribution in [3.05, 3.63) is 132 Å². The molecular formula is C30H22ClF3N2O4S. The van der Waals surface area contributed by atoms with Gasteiger partial charge in [0.25, 0.3) is 5.56 Å². The van der Waals surface area contributed by atoms with Gasteiger partial charge in [0.2, 0.25) is 0 Å². The second-order valence-corrected chi connectivity index (χ2v) is 10.4. The van der Waals surface area contributed by atoms with Gasteiger partial charge in [0.15, 0.2) is 10.5 Å². The number of thiazole rings is 1. The van der Waals surface area contributed by atoms with E-state index in [9.17, 15) is 22.8 Å². The van der Waals surface area contributed by atoms with Crippen LogP contribution < -0.4 is 19.6 Å². The smallest absolute Gasteiger partial charge is 0.434 e. The summed E-state index contributed by atoms with van der Waals surface area (Å²) in [6.45, 7) is 1.71. The minimum absolute atomic E-state index is 0.146. The van der Waals surface area contributed by atoms with Gasteiger partial charge in [-0.15, -0.1) is 0 Å². The molecule has 1 aliphatic rings. The van der Waals surface area contributed by atoms with E-state index in [1.165, 1.54) is 31.2 Å². The molecule has 0 N–H and O–H groups in total. The quantitative estimate of drug-likeness (QED) is 0.261. The average Bonchev–Trinajstić information content (AvgIpc) is 3.27. The highest BCUT2D eigenvalue weighted by Crippen LogP contribution is 2.38. The molecule has 3 aromatic carbocycles. The van der Waals surface area contributed by atoms with Crippen LogP contribution in [0, 0.1) is 0 Å². The lowest BCUT2D eigenvalue weighted by Gasteiger charge is -2.26. The standard InChI is InChI=1S/C30H22ClF3N2O4S/c1-2-39-28(38)24-25(20-10-12-21(31)13-11-20)36-27(37)23(41-29(36)35-26(24)30(32,33)34)16-18-8-14-22(15-9-18)40-17-19-6-4-3-5-7-19/h3-16,25H,2,17H2,1H3/b23-16-/t25-/m0/s1. The molecule has 11 heteroatoms. The highest BCUT2D eigenvalue weighted by Gasteiger charge is 2.45. The number of carbonyl (C=O) groups excluding carboxylic acids is 1. The lowest BCUT2D eigenvalue weighted by Crippen LogP contribution is -2.41. The van der Waals surface area contributed by atoms with Crippen molar-refractivity contribution in [2.75, 3.05) is 6.61 Å². The second-order valence-electron chi connectivity index (χ2n) is 8.96. The Morgan fingerprint density at radius 1 is 1.05 bits per heavy atom. The van der Waals surface area contributed by atoms with Crippen molar-refractivity contribution in [3.63, 3.8) is 0 Å². The van der Waals surface area contributed by atoms with E-state index in [0.29, 0.717) is 22.9 Å². The fourth-order valence-corrected chi connectivity index (χ4v) is 5.48. The Hall–Kier alpha value is -4.15. The van der Waals surface area contributed by atoms with E-state index in [2.05, 4.69) is 4.99 Å². The molecule has 0 fully saturated rings. The minimum Gasteiger partial charge on any atom is -0.489 e. The molecule has 0 radical (unpaired) electrons. The monoisotopic (exact) mass is 598 g/mol. The van der Waals surface area contributed by atoms with E-state index in [4.69, 9.17) is 21.1 Å². The molecule has 1 atom stereocenters. The molecule has 0 unspecified atom stereocenters. The van der Waals surface area contributed by atoms with Crippen LogP contribution in [0.4, 0.5) is 13.2 Å². The molecule has 4 aromatic rings. The Kier molecular flexibility index (Phi) is 8.14. The molecular weight excluding hydrogens is 577 g/mol. The predicted octanol–water partition coefficient (Wildman–Crippen LogP) is 5.57. The van der Waals surface area contributed by atoms with Crippen molar-refractivity contribution in [3.8, 4) is 5.75 Å². The van der Waals surface area contributed by atoms with Gasteiger partial charge in [-0.25, -0.2) is 9.79 Å². The average molecular weight is 599 g/mol. The van der Waals surface area contributed by atoms with Crippen LogP contribution in [0.2, 0.25) is 5.02 Å². The van der Waals surface area contributed by atoms with Gasteiger partial charge in [0, 0.05) is 5.02 Å². The number of ether oxygens (including phenoxy) is 2. The number of carbonyl (C=O) groups is 1. The summed E-state index contributed by atoms with van der Waals surface area (Å²) in [5.41, 5.74) is -0.869. The van der Waals surface area contributed by atoms with E-state index < -0.39 is 35.0 Å². The molecule has 0 saturated heterocycles. The Labute approximate surface area is 241 Å². The number of hydrogen-bond donors (Lipinski definition) is 0. The van der Waals surface area contributed by atoms with E-state index in [1.807, 2.05) is 30.3 Å². The summed E-state index contributed by atoms with van der Waals surface area (Å²) in [7, 11) is 0. The Bertz CT molecular complexity index is 1780. The van der Waals surface area contributed by atoms with Crippen LogP contribution in [-0.4, -0.2) is 23.3 Å². The number of nitrogens with zero attached hydrogens (tertiary/aromatic N) is 2. The molecule has 0 bridgehead atoms. The van der Waals surface area contributed by atoms with E-state index in [-0.39, 0.29) is 21.5 Å². The number of esters is 1. The molecule has 5 rings (SSSR count). The zero-order chi connectivity index (χ0) is 29.1. The van der Waals surface area contributed by atoms with Crippen LogP contribution in [0.1, 0.15) is 29.7 Å². The number of allylic oxidation sites excluding steroid dienone is 1. The first kappa shape index (κ1) is 28.4. The first-order valence-electron chi connectivity index (χ1n) is 12.5. The summed E-state index contributed by atoms with van der Waals surface area (Å²) in [6.07, 6.45) is -3.41. The Balaban J connectivity index is 1.58. The van der Waals surface area contributed by atoms with Crippen molar-refractivity contribution in [1.82, 2.24) is 4.57 Å². The summed E-state index contributed by atoms with van der Waals surface area (Å²) < 4.78 is 54.7. The molecule has 0 amide bonds. The van der Waals surface area contributed by atoms with Crippen molar-refractivity contribution < 1.29 is 27.4 Å². The minimum atomic E-state index is -4.97. The number of alkyl halides is 3. The number of fused-ring (bicyclic) bond motifs is 1. The van der Waals surface area contributed by atoms with E-state index in [0.717, 1.165) is 21.5 Å². The molecule has 0 saturated carbocycles. The first-order chi connectivity index (χ1) is 19.7. The number of halogens is 4. The zero-order valence-corrected chi connectivity index (χ0v) is 23.1. The summed E-state index contributed by atoms with van der Waals surface area (Å²) in [6, 6.07) is 21.1. The summed E-state index contributed by atoms with van der Waals surface area (Å²) in [5.74, 6) is -0.590. The van der Waals surface area contributed by atoms with Crippen molar-refractivity contribution in [1.29, 1.82) is 0 Å². The highest BCUT2D eigenvalue weighted by molar-refractivity contribution is 7.07. The van der Waals surface area contributed by atoms with Crippen LogP contribution in [-0.2, 0) is 16.1 Å². The molecule has 41 heavy (non-hydrogen) atoms. The van der Waals surface area contributed by atoms with E-state index >= 15 is 0 Å². The lowest BCUT2D eigenvalue weighted by molar-refractivity contribution is -0.140. The van der Waals surface area contributed by atoms with Gasteiger partial charge in [-0.3, -0.25) is 9.36 Å². The van der Waals surface area contributed by atoms with Gasteiger partial charge in [-0.2, -0.15) is 13.2 Å². The van der Waals surface area contributed by atoms with Crippen LogP contribution in [0.5, 0.6) is 5.75 Å². The molecule has 210 valence electrons. The van der Waals surface area contributed by atoms with Crippen LogP contribution in [0.25, 0.3) is 6.08 Å². The summed E-state index contributed by atoms with van der Waals surface area (Å²) >= 11 is 6.81. The maximum absolute atomic E-state index is 14.2. The molecule has 2 heterocycles. The fraction of sp³-hybridized carbons (Fsp3) is 0.167. The van der Waals surface area contributed by atoms with Gasteiger partial charge >= 0.3 is 12.1 Å². The number of benzene rings is 3. The van der Waals surface area contributed by atoms with Crippen LogP contribution >= 0.6 is 22.9 Å². The number of aromatic nitrogens is 1. The maximum atomic E-state index is 14.2. The first-order valence-corrected chi connectivity index (χ1v) is 13.7. The van der Waals surface area contributed by atoms with Gasteiger partial charge < -0.3 is 9.47 Å². The van der Waals surface area contributed by atoms with E-state index in [1.54, 1.807) is 30.3 Å². The Morgan fingerprint density at radius 3 is 2.37 bits per heavy atom. The SMILES string of the molecule is CCOC(=O)C1=C(C(F)(F)F)N=c2s/c(=C\c3ccc(OCc4ccccc4)cc3)c(=O)n2[C@H]1c1ccc(Cl)cc1. The summed E-state index contributed by atoms with van der Waals surface area (Å²) in [4.78, 5) is 30.1. The third-order valence-corrected chi connectivity index (χ3v) is 7.44. The van der Waals surface area contributed by atoms with Crippen molar-refractivity contribution in [2.45, 2.75) is 25.7 Å². The molecule has 6 nitrogen and oxygen atoms in total. The third-order valence-electron chi connectivity index (χ3n) is 6.21. The van der Waals surface area contributed by atoms with Crippen molar-refractivity contribution in [2.24, 2.45) is 4.99 Å². The van der Waals surface area contributed by atoms with Crippen molar-refractivity contribution >= 4 is 35.0 Å². The molecule has 1 aromatic heterocycles. The van der Waals surface area contributed by atoms with Gasteiger partial charge in [-0.1, -0.05) is 77.5 Å². The number of hydrogen-bond acceptors (Lipinski definition) is 6. The Morgan fingerprint density at radius 2 is 1.73 bits per heavy atom. The zero-order valence-electron chi connectivity index (χ0n) is 21.5. The van der Waals surface area contributed by atoms with Gasteiger partial charge in [0.1, 0.15) is 12.4 Å². The molecule has 0 aliphatic carbocycles. The normalized spacial score (nSPS) is 15.3. The van der Waals surface area contributed by atoms with Crippen LogP contribution in [0.15, 0.2) is 99.9 Å². The lowest BCUT2D eigenvalue weighted by atomic mass is 9.95. The molecule has 1 aliphatic heterocycles. The molecule has 0 spiro atoms. The van der Waals surface area contributed by atoms with Gasteiger partial charge in [-0.05, 0) is 54.0 Å². The number of rotatable bonds is 7.